The quantitative estimate of drug-likeness (QED) is 0.877. The van der Waals surface area contributed by atoms with Crippen LogP contribution in [0.4, 0.5) is 10.5 Å². The zero-order valence-electron chi connectivity index (χ0n) is 13.2. The molecule has 0 aliphatic carbocycles. The van der Waals surface area contributed by atoms with E-state index < -0.39 is 0 Å². The molecule has 0 bridgehead atoms. The molecule has 1 saturated heterocycles. The maximum absolute atomic E-state index is 12.4. The average molecular weight is 347 g/mol. The number of amides is 3. The second kappa shape index (κ2) is 7.40. The van der Waals surface area contributed by atoms with Gasteiger partial charge in [0.05, 0.1) is 0 Å². The van der Waals surface area contributed by atoms with Crippen molar-refractivity contribution < 1.29 is 9.59 Å². The normalized spacial score (nSPS) is 15.0. The number of nitrogens with one attached hydrogen (secondary N) is 2. The second-order valence-corrected chi connectivity index (χ2v) is 6.09. The summed E-state index contributed by atoms with van der Waals surface area (Å²) in [5, 5.41) is 3.42. The van der Waals surface area contributed by atoms with Crippen LogP contribution in [-0.2, 0) is 0 Å². The third-order valence-corrected chi connectivity index (χ3v) is 4.21. The Morgan fingerprint density at radius 2 is 1.83 bits per heavy atom. The number of carbonyl (C=O) groups excluding carboxylic acids is 2. The third-order valence-electron chi connectivity index (χ3n) is 3.97. The first-order valence-corrected chi connectivity index (χ1v) is 8.25. The number of benzene rings is 1. The summed E-state index contributed by atoms with van der Waals surface area (Å²) in [6.07, 6.45) is 2.48. The number of anilines is 1. The standard InChI is InChI=1S/C17H19ClN4O2/c18-13-4-1-5-14(12-13)20-17(24)22-9-3-8-21(10-11-22)16(23)15-6-2-7-19-15/h1-2,4-7,12,19H,3,8-11H2,(H,20,24). The zero-order valence-corrected chi connectivity index (χ0v) is 13.9. The minimum absolute atomic E-state index is 0.0305. The Morgan fingerprint density at radius 3 is 2.58 bits per heavy atom. The van der Waals surface area contributed by atoms with E-state index in [1.165, 1.54) is 0 Å². The van der Waals surface area contributed by atoms with Gasteiger partial charge >= 0.3 is 6.03 Å². The molecule has 24 heavy (non-hydrogen) atoms. The summed E-state index contributed by atoms with van der Waals surface area (Å²) in [5.74, 6) is -0.0305. The Morgan fingerprint density at radius 1 is 1.04 bits per heavy atom. The number of rotatable bonds is 2. The summed E-state index contributed by atoms with van der Waals surface area (Å²) in [6.45, 7) is 2.26. The number of carbonyl (C=O) groups is 2. The van der Waals surface area contributed by atoms with Gasteiger partial charge in [-0.05, 0) is 36.8 Å². The maximum atomic E-state index is 12.4. The molecule has 6 nitrogen and oxygen atoms in total. The van der Waals surface area contributed by atoms with Crippen molar-refractivity contribution in [3.05, 3.63) is 53.3 Å². The van der Waals surface area contributed by atoms with Gasteiger partial charge in [-0.15, -0.1) is 0 Å². The fourth-order valence-electron chi connectivity index (χ4n) is 2.73. The first-order valence-electron chi connectivity index (χ1n) is 7.87. The van der Waals surface area contributed by atoms with E-state index in [-0.39, 0.29) is 11.9 Å². The largest absolute Gasteiger partial charge is 0.357 e. The Bertz CT molecular complexity index is 717. The molecule has 1 aromatic heterocycles. The van der Waals surface area contributed by atoms with Crippen LogP contribution in [0.25, 0.3) is 0 Å². The van der Waals surface area contributed by atoms with Gasteiger partial charge in [0.15, 0.2) is 0 Å². The number of H-pyrrole nitrogens is 1. The van der Waals surface area contributed by atoms with E-state index in [0.717, 1.165) is 6.42 Å². The topological polar surface area (TPSA) is 68.4 Å². The first-order chi connectivity index (χ1) is 11.6. The van der Waals surface area contributed by atoms with Gasteiger partial charge in [-0.2, -0.15) is 0 Å². The SMILES string of the molecule is O=C(Nc1cccc(Cl)c1)N1CCCN(C(=O)c2ccc[nH]2)CC1. The van der Waals surface area contributed by atoms with E-state index in [9.17, 15) is 9.59 Å². The van der Waals surface area contributed by atoms with Crippen molar-refractivity contribution in [3.63, 3.8) is 0 Å². The molecule has 7 heteroatoms. The van der Waals surface area contributed by atoms with Gasteiger partial charge in [-0.25, -0.2) is 4.79 Å². The van der Waals surface area contributed by atoms with Crippen molar-refractivity contribution in [1.29, 1.82) is 0 Å². The molecular formula is C17H19ClN4O2. The molecule has 0 saturated carbocycles. The molecule has 1 aliphatic heterocycles. The predicted octanol–water partition coefficient (Wildman–Crippen LogP) is 3.05. The summed E-state index contributed by atoms with van der Waals surface area (Å²) < 4.78 is 0. The van der Waals surface area contributed by atoms with Crippen LogP contribution in [0.15, 0.2) is 42.6 Å². The molecule has 0 radical (unpaired) electrons. The monoisotopic (exact) mass is 346 g/mol. The molecule has 3 rings (SSSR count). The van der Waals surface area contributed by atoms with Crippen LogP contribution in [0, 0.1) is 0 Å². The van der Waals surface area contributed by atoms with Crippen LogP contribution in [-0.4, -0.2) is 52.9 Å². The van der Waals surface area contributed by atoms with Crippen molar-refractivity contribution in [2.75, 3.05) is 31.5 Å². The number of halogens is 1. The fraction of sp³-hybridized carbons (Fsp3) is 0.294. The van der Waals surface area contributed by atoms with Crippen LogP contribution in [0.1, 0.15) is 16.9 Å². The molecule has 0 spiro atoms. The van der Waals surface area contributed by atoms with Gasteiger partial charge in [0.25, 0.3) is 5.91 Å². The molecule has 2 heterocycles. The van der Waals surface area contributed by atoms with Gasteiger partial charge in [-0.3, -0.25) is 4.79 Å². The van der Waals surface area contributed by atoms with Crippen molar-refractivity contribution in [3.8, 4) is 0 Å². The summed E-state index contributed by atoms with van der Waals surface area (Å²) in [5.41, 5.74) is 1.24. The van der Waals surface area contributed by atoms with Crippen molar-refractivity contribution in [2.45, 2.75) is 6.42 Å². The lowest BCUT2D eigenvalue weighted by atomic mass is 10.3. The van der Waals surface area contributed by atoms with Gasteiger partial charge in [0.2, 0.25) is 0 Å². The number of hydrogen-bond acceptors (Lipinski definition) is 2. The molecule has 2 N–H and O–H groups in total. The number of aromatic amines is 1. The van der Waals surface area contributed by atoms with E-state index in [1.54, 1.807) is 52.4 Å². The number of urea groups is 1. The molecule has 1 aliphatic rings. The number of hydrogen-bond donors (Lipinski definition) is 2. The van der Waals surface area contributed by atoms with Crippen molar-refractivity contribution in [1.82, 2.24) is 14.8 Å². The second-order valence-electron chi connectivity index (χ2n) is 5.66. The van der Waals surface area contributed by atoms with E-state index in [2.05, 4.69) is 10.3 Å². The summed E-state index contributed by atoms with van der Waals surface area (Å²) in [7, 11) is 0. The lowest BCUT2D eigenvalue weighted by Crippen LogP contribution is -2.39. The molecule has 126 valence electrons. The lowest BCUT2D eigenvalue weighted by Gasteiger charge is -2.22. The Hall–Kier alpha value is -2.47. The van der Waals surface area contributed by atoms with E-state index in [4.69, 9.17) is 11.6 Å². The Labute approximate surface area is 145 Å². The Balaban J connectivity index is 1.59. The minimum atomic E-state index is -0.175. The number of nitrogens with zero attached hydrogens (tertiary/aromatic N) is 2. The van der Waals surface area contributed by atoms with Crippen LogP contribution < -0.4 is 5.32 Å². The van der Waals surface area contributed by atoms with Crippen LogP contribution in [0.3, 0.4) is 0 Å². The molecule has 1 fully saturated rings. The number of aromatic nitrogens is 1. The maximum Gasteiger partial charge on any atom is 0.321 e. The lowest BCUT2D eigenvalue weighted by molar-refractivity contribution is 0.0757. The molecule has 3 amide bonds. The van der Waals surface area contributed by atoms with E-state index >= 15 is 0 Å². The summed E-state index contributed by atoms with van der Waals surface area (Å²) >= 11 is 5.93. The zero-order chi connectivity index (χ0) is 16.9. The van der Waals surface area contributed by atoms with Crippen molar-refractivity contribution in [2.24, 2.45) is 0 Å². The average Bonchev–Trinajstić information content (AvgIpc) is 2.98. The highest BCUT2D eigenvalue weighted by Crippen LogP contribution is 2.16. The smallest absolute Gasteiger partial charge is 0.321 e. The van der Waals surface area contributed by atoms with Crippen LogP contribution in [0.2, 0.25) is 5.02 Å². The van der Waals surface area contributed by atoms with E-state index in [0.29, 0.717) is 42.6 Å². The fourth-order valence-corrected chi connectivity index (χ4v) is 2.92. The molecule has 0 atom stereocenters. The molecule has 2 aromatic rings. The Kier molecular flexibility index (Phi) is 5.05. The first kappa shape index (κ1) is 16.4. The van der Waals surface area contributed by atoms with Gasteiger partial charge in [0, 0.05) is 43.1 Å². The predicted molar refractivity (Wildman–Crippen MR) is 93.4 cm³/mol. The van der Waals surface area contributed by atoms with Gasteiger partial charge in [0.1, 0.15) is 5.69 Å². The van der Waals surface area contributed by atoms with Crippen LogP contribution >= 0.6 is 11.6 Å². The van der Waals surface area contributed by atoms with Crippen LogP contribution in [0.5, 0.6) is 0 Å². The molecule has 0 unspecified atom stereocenters. The van der Waals surface area contributed by atoms with E-state index in [1.807, 2.05) is 0 Å². The minimum Gasteiger partial charge on any atom is -0.357 e. The summed E-state index contributed by atoms with van der Waals surface area (Å²) in [6, 6.07) is 10.4. The van der Waals surface area contributed by atoms with Crippen molar-refractivity contribution >= 4 is 29.2 Å². The highest BCUT2D eigenvalue weighted by atomic mass is 35.5. The highest BCUT2D eigenvalue weighted by Gasteiger charge is 2.23. The molecule has 1 aromatic carbocycles. The van der Waals surface area contributed by atoms with Gasteiger partial charge in [-0.1, -0.05) is 17.7 Å². The third kappa shape index (κ3) is 3.89. The molecular weight excluding hydrogens is 328 g/mol. The van der Waals surface area contributed by atoms with Gasteiger partial charge < -0.3 is 20.1 Å². The highest BCUT2D eigenvalue weighted by molar-refractivity contribution is 6.30. The summed E-state index contributed by atoms with van der Waals surface area (Å²) in [4.78, 5) is 31.2.